The molecule has 1 aromatic rings. The zero-order chi connectivity index (χ0) is 17.6. The molecule has 1 aromatic carbocycles. The number of amides is 3. The molecule has 0 aliphatic carbocycles. The summed E-state index contributed by atoms with van der Waals surface area (Å²) in [5.74, 6) is -0.739. The normalized spacial score (nSPS) is 22.5. The van der Waals surface area contributed by atoms with Crippen molar-refractivity contribution in [3.05, 3.63) is 40.5 Å². The summed E-state index contributed by atoms with van der Waals surface area (Å²) in [4.78, 5) is 37.9. The molecule has 7 heteroatoms. The smallest absolute Gasteiger partial charge is 0.255 e. The minimum Gasteiger partial charge on any atom is -0.322 e. The SMILES string of the molecule is Cc1c(C2=CCNCC2)ccc2c1CN(C1CCC(=O)NC1=O)C2=O.Cl. The molecule has 1 unspecified atom stereocenters. The van der Waals surface area contributed by atoms with Crippen LogP contribution in [0.25, 0.3) is 5.57 Å². The zero-order valence-electron chi connectivity index (χ0n) is 14.6. The van der Waals surface area contributed by atoms with Gasteiger partial charge in [0.1, 0.15) is 6.04 Å². The van der Waals surface area contributed by atoms with E-state index in [-0.39, 0.29) is 36.5 Å². The first-order valence-corrected chi connectivity index (χ1v) is 8.73. The number of halogens is 1. The summed E-state index contributed by atoms with van der Waals surface area (Å²) in [7, 11) is 0. The third-order valence-corrected chi connectivity index (χ3v) is 5.41. The molecule has 2 N–H and O–H groups in total. The third kappa shape index (κ3) is 3.04. The van der Waals surface area contributed by atoms with Crippen LogP contribution in [0.4, 0.5) is 0 Å². The number of hydrogen-bond donors (Lipinski definition) is 2. The molecule has 1 saturated heterocycles. The van der Waals surface area contributed by atoms with Gasteiger partial charge in [0.2, 0.25) is 11.8 Å². The number of fused-ring (bicyclic) bond motifs is 1. The van der Waals surface area contributed by atoms with Gasteiger partial charge in [-0.15, -0.1) is 12.4 Å². The number of imide groups is 1. The van der Waals surface area contributed by atoms with Crippen molar-refractivity contribution in [2.75, 3.05) is 13.1 Å². The molecule has 3 heterocycles. The monoisotopic (exact) mass is 375 g/mol. The van der Waals surface area contributed by atoms with Crippen LogP contribution in [0, 0.1) is 6.92 Å². The lowest BCUT2D eigenvalue weighted by Gasteiger charge is -2.29. The lowest BCUT2D eigenvalue weighted by Crippen LogP contribution is -2.52. The lowest BCUT2D eigenvalue weighted by molar-refractivity contribution is -0.136. The van der Waals surface area contributed by atoms with E-state index in [0.717, 1.165) is 30.6 Å². The Morgan fingerprint density at radius 2 is 1.88 bits per heavy atom. The van der Waals surface area contributed by atoms with E-state index >= 15 is 0 Å². The Bertz CT molecular complexity index is 818. The lowest BCUT2D eigenvalue weighted by atomic mass is 9.91. The van der Waals surface area contributed by atoms with Gasteiger partial charge in [-0.3, -0.25) is 19.7 Å². The van der Waals surface area contributed by atoms with E-state index < -0.39 is 6.04 Å². The minimum atomic E-state index is -0.557. The van der Waals surface area contributed by atoms with Gasteiger partial charge in [0.05, 0.1) is 0 Å². The van der Waals surface area contributed by atoms with Gasteiger partial charge in [0, 0.05) is 25.1 Å². The van der Waals surface area contributed by atoms with Crippen molar-refractivity contribution in [2.24, 2.45) is 0 Å². The fraction of sp³-hybridized carbons (Fsp3) is 0.421. The molecule has 0 saturated carbocycles. The number of nitrogens with one attached hydrogen (secondary N) is 2. The molecule has 1 fully saturated rings. The molecule has 1 atom stereocenters. The molecule has 3 amide bonds. The second kappa shape index (κ2) is 7.21. The van der Waals surface area contributed by atoms with Crippen molar-refractivity contribution < 1.29 is 14.4 Å². The molecular weight excluding hydrogens is 354 g/mol. The van der Waals surface area contributed by atoms with Crippen LogP contribution in [0.15, 0.2) is 18.2 Å². The summed E-state index contributed by atoms with van der Waals surface area (Å²) < 4.78 is 0. The molecule has 6 nitrogen and oxygen atoms in total. The van der Waals surface area contributed by atoms with E-state index in [1.54, 1.807) is 4.90 Å². The second-order valence-electron chi connectivity index (χ2n) is 6.85. The Kier molecular flexibility index (Phi) is 5.16. The molecule has 0 bridgehead atoms. The molecule has 0 spiro atoms. The van der Waals surface area contributed by atoms with E-state index in [9.17, 15) is 14.4 Å². The van der Waals surface area contributed by atoms with Gasteiger partial charge in [-0.1, -0.05) is 12.1 Å². The van der Waals surface area contributed by atoms with Gasteiger partial charge in [-0.2, -0.15) is 0 Å². The standard InChI is InChI=1S/C19H21N3O3.ClH/c1-11-13(12-6-8-20-9-7-12)2-3-14-15(11)10-22(19(14)25)16-4-5-17(23)21-18(16)24;/h2-3,6,16,20H,4-5,7-10H2,1H3,(H,21,23,24);1H. The van der Waals surface area contributed by atoms with Crippen molar-refractivity contribution in [3.8, 4) is 0 Å². The molecule has 138 valence electrons. The second-order valence-corrected chi connectivity index (χ2v) is 6.85. The number of carbonyl (C=O) groups is 3. The van der Waals surface area contributed by atoms with Gasteiger partial charge >= 0.3 is 0 Å². The van der Waals surface area contributed by atoms with Gasteiger partial charge in [0.15, 0.2) is 0 Å². The van der Waals surface area contributed by atoms with Crippen molar-refractivity contribution >= 4 is 35.7 Å². The van der Waals surface area contributed by atoms with E-state index in [4.69, 9.17) is 0 Å². The number of piperidine rings is 1. The van der Waals surface area contributed by atoms with Crippen LogP contribution in [0.3, 0.4) is 0 Å². The van der Waals surface area contributed by atoms with E-state index in [0.29, 0.717) is 18.5 Å². The average molecular weight is 376 g/mol. The molecule has 0 aromatic heterocycles. The molecule has 3 aliphatic rings. The topological polar surface area (TPSA) is 78.5 Å². The summed E-state index contributed by atoms with van der Waals surface area (Å²) in [6.45, 7) is 4.32. The van der Waals surface area contributed by atoms with Crippen molar-refractivity contribution in [2.45, 2.75) is 38.8 Å². The predicted octanol–water partition coefficient (Wildman–Crippen LogP) is 1.55. The first kappa shape index (κ1) is 18.6. The van der Waals surface area contributed by atoms with Crippen LogP contribution in [0.2, 0.25) is 0 Å². The molecular formula is C19H22ClN3O3. The van der Waals surface area contributed by atoms with Gasteiger partial charge in [0.25, 0.3) is 5.91 Å². The highest BCUT2D eigenvalue weighted by molar-refractivity contribution is 6.05. The van der Waals surface area contributed by atoms with Crippen LogP contribution < -0.4 is 10.6 Å². The van der Waals surface area contributed by atoms with E-state index in [1.807, 2.05) is 12.1 Å². The molecule has 0 radical (unpaired) electrons. The Morgan fingerprint density at radius 3 is 2.58 bits per heavy atom. The number of carbonyl (C=O) groups excluding carboxylic acids is 3. The van der Waals surface area contributed by atoms with Crippen molar-refractivity contribution in [1.82, 2.24) is 15.5 Å². The highest BCUT2D eigenvalue weighted by Crippen LogP contribution is 2.34. The van der Waals surface area contributed by atoms with E-state index in [1.165, 1.54) is 11.1 Å². The van der Waals surface area contributed by atoms with Crippen LogP contribution in [0.1, 0.15) is 46.3 Å². The van der Waals surface area contributed by atoms with Crippen LogP contribution in [-0.2, 0) is 16.1 Å². The van der Waals surface area contributed by atoms with Gasteiger partial charge < -0.3 is 10.2 Å². The Labute approximate surface area is 158 Å². The Hall–Kier alpha value is -2.18. The molecule has 26 heavy (non-hydrogen) atoms. The zero-order valence-corrected chi connectivity index (χ0v) is 15.4. The van der Waals surface area contributed by atoms with Crippen LogP contribution >= 0.6 is 12.4 Å². The summed E-state index contributed by atoms with van der Waals surface area (Å²) >= 11 is 0. The van der Waals surface area contributed by atoms with Crippen molar-refractivity contribution in [1.29, 1.82) is 0 Å². The van der Waals surface area contributed by atoms with Crippen LogP contribution in [-0.4, -0.2) is 41.8 Å². The maximum absolute atomic E-state index is 12.8. The molecule has 3 aliphatic heterocycles. The number of nitrogens with zero attached hydrogens (tertiary/aromatic N) is 1. The Morgan fingerprint density at radius 1 is 1.12 bits per heavy atom. The number of rotatable bonds is 2. The minimum absolute atomic E-state index is 0. The maximum Gasteiger partial charge on any atom is 0.255 e. The highest BCUT2D eigenvalue weighted by Gasteiger charge is 2.39. The number of hydrogen-bond acceptors (Lipinski definition) is 4. The Balaban J connectivity index is 0.00000196. The summed E-state index contributed by atoms with van der Waals surface area (Å²) in [5.41, 5.74) is 5.31. The fourth-order valence-corrected chi connectivity index (χ4v) is 4.00. The predicted molar refractivity (Wildman–Crippen MR) is 99.9 cm³/mol. The third-order valence-electron chi connectivity index (χ3n) is 5.41. The van der Waals surface area contributed by atoms with Gasteiger partial charge in [-0.25, -0.2) is 0 Å². The van der Waals surface area contributed by atoms with Crippen LogP contribution in [0.5, 0.6) is 0 Å². The summed E-state index contributed by atoms with van der Waals surface area (Å²) in [6.07, 6.45) is 3.85. The first-order chi connectivity index (χ1) is 12.1. The average Bonchev–Trinajstić information content (AvgIpc) is 2.94. The quantitative estimate of drug-likeness (QED) is 0.769. The molecule has 4 rings (SSSR count). The fourth-order valence-electron chi connectivity index (χ4n) is 4.00. The van der Waals surface area contributed by atoms with Crippen molar-refractivity contribution in [3.63, 3.8) is 0 Å². The summed E-state index contributed by atoms with van der Waals surface area (Å²) in [5, 5.41) is 5.65. The van der Waals surface area contributed by atoms with Gasteiger partial charge in [-0.05, 0) is 54.6 Å². The van der Waals surface area contributed by atoms with E-state index in [2.05, 4.69) is 23.6 Å². The highest BCUT2D eigenvalue weighted by atomic mass is 35.5. The summed E-state index contributed by atoms with van der Waals surface area (Å²) in [6, 6.07) is 3.35. The first-order valence-electron chi connectivity index (χ1n) is 8.73. The maximum atomic E-state index is 12.8. The largest absolute Gasteiger partial charge is 0.322 e. The number of benzene rings is 1.